The minimum atomic E-state index is 0.381. The maximum Gasteiger partial charge on any atom is 0.0989 e. The molecular weight excluding hydrogens is 114 g/mol. The van der Waals surface area contributed by atoms with Crippen LogP contribution in [0.5, 0.6) is 0 Å². The van der Waals surface area contributed by atoms with Crippen LogP contribution in [-0.2, 0) is 4.74 Å². The highest BCUT2D eigenvalue weighted by Crippen LogP contribution is 2.17. The quantitative estimate of drug-likeness (QED) is 0.601. The van der Waals surface area contributed by atoms with E-state index in [0.29, 0.717) is 12.6 Å². The number of nitrogens with two attached hydrogens (primary N) is 1. The van der Waals surface area contributed by atoms with Gasteiger partial charge < -0.3 is 10.5 Å². The van der Waals surface area contributed by atoms with Gasteiger partial charge >= 0.3 is 0 Å². The molecule has 1 atom stereocenters. The second-order valence-corrected chi connectivity index (χ2v) is 2.37. The molecule has 0 fully saturated rings. The van der Waals surface area contributed by atoms with Crippen LogP contribution in [0.15, 0.2) is 11.8 Å². The van der Waals surface area contributed by atoms with Crippen molar-refractivity contribution in [3.8, 4) is 0 Å². The summed E-state index contributed by atoms with van der Waals surface area (Å²) in [5.41, 5.74) is 5.33. The average Bonchev–Trinajstić information content (AvgIpc) is 2.17. The number of hydrogen-bond donors (Lipinski definition) is 1. The van der Waals surface area contributed by atoms with Gasteiger partial charge in [-0.3, -0.25) is 0 Å². The fourth-order valence-electron chi connectivity index (χ4n) is 0.955. The summed E-state index contributed by atoms with van der Waals surface area (Å²) < 4.78 is 5.38. The van der Waals surface area contributed by atoms with E-state index in [1.807, 2.05) is 0 Å². The van der Waals surface area contributed by atoms with Crippen molar-refractivity contribution in [2.24, 2.45) is 5.73 Å². The molecule has 0 saturated carbocycles. The highest BCUT2D eigenvalue weighted by molar-refractivity contribution is 5.00. The van der Waals surface area contributed by atoms with Crippen molar-refractivity contribution < 1.29 is 4.74 Å². The van der Waals surface area contributed by atoms with Crippen molar-refractivity contribution in [1.82, 2.24) is 0 Å². The molecule has 9 heavy (non-hydrogen) atoms. The van der Waals surface area contributed by atoms with E-state index < -0.39 is 0 Å². The van der Waals surface area contributed by atoms with E-state index in [1.165, 1.54) is 0 Å². The first kappa shape index (κ1) is 6.62. The maximum absolute atomic E-state index is 5.38. The predicted octanol–water partition coefficient (Wildman–Crippen LogP) is 1.03. The Labute approximate surface area is 55.7 Å². The molecule has 1 aliphatic heterocycles. The van der Waals surface area contributed by atoms with Crippen LogP contribution in [0.25, 0.3) is 0 Å². The SMILES string of the molecule is CC1CC=C(CCN)O1. The molecule has 0 aromatic carbocycles. The van der Waals surface area contributed by atoms with Crippen LogP contribution in [-0.4, -0.2) is 12.6 Å². The Balaban J connectivity index is 2.27. The zero-order chi connectivity index (χ0) is 6.69. The molecule has 0 bridgehead atoms. The normalized spacial score (nSPS) is 25.6. The molecule has 1 rings (SSSR count). The molecule has 2 N–H and O–H groups in total. The average molecular weight is 127 g/mol. The molecule has 0 aliphatic carbocycles. The Morgan fingerprint density at radius 3 is 3.11 bits per heavy atom. The van der Waals surface area contributed by atoms with Gasteiger partial charge in [0.25, 0.3) is 0 Å². The molecule has 0 radical (unpaired) electrons. The number of hydrogen-bond acceptors (Lipinski definition) is 2. The number of ether oxygens (including phenoxy) is 1. The summed E-state index contributed by atoms with van der Waals surface area (Å²) in [4.78, 5) is 0. The van der Waals surface area contributed by atoms with Crippen LogP contribution in [0.4, 0.5) is 0 Å². The van der Waals surface area contributed by atoms with Gasteiger partial charge in [-0.05, 0) is 19.5 Å². The summed E-state index contributed by atoms with van der Waals surface area (Å²) in [5, 5.41) is 0. The van der Waals surface area contributed by atoms with Crippen molar-refractivity contribution in [2.75, 3.05) is 6.54 Å². The van der Waals surface area contributed by atoms with Gasteiger partial charge in [0.2, 0.25) is 0 Å². The molecule has 1 unspecified atom stereocenters. The Kier molecular flexibility index (Phi) is 2.11. The van der Waals surface area contributed by atoms with Gasteiger partial charge in [-0.25, -0.2) is 0 Å². The molecule has 0 aromatic rings. The summed E-state index contributed by atoms with van der Waals surface area (Å²) in [5.74, 6) is 1.07. The monoisotopic (exact) mass is 127 g/mol. The number of rotatable bonds is 2. The predicted molar refractivity (Wildman–Crippen MR) is 36.9 cm³/mol. The minimum Gasteiger partial charge on any atom is -0.495 e. The smallest absolute Gasteiger partial charge is 0.0989 e. The maximum atomic E-state index is 5.38. The topological polar surface area (TPSA) is 35.2 Å². The van der Waals surface area contributed by atoms with E-state index in [9.17, 15) is 0 Å². The fourth-order valence-corrected chi connectivity index (χ4v) is 0.955. The van der Waals surface area contributed by atoms with Crippen molar-refractivity contribution >= 4 is 0 Å². The summed E-state index contributed by atoms with van der Waals surface area (Å²) in [6.07, 6.45) is 4.45. The van der Waals surface area contributed by atoms with Gasteiger partial charge in [-0.15, -0.1) is 0 Å². The Morgan fingerprint density at radius 1 is 1.89 bits per heavy atom. The largest absolute Gasteiger partial charge is 0.495 e. The summed E-state index contributed by atoms with van der Waals surface area (Å²) in [6, 6.07) is 0. The zero-order valence-electron chi connectivity index (χ0n) is 5.76. The molecule has 1 aliphatic rings. The van der Waals surface area contributed by atoms with Crippen LogP contribution in [0.1, 0.15) is 19.8 Å². The lowest BCUT2D eigenvalue weighted by atomic mass is 10.3. The fraction of sp³-hybridized carbons (Fsp3) is 0.714. The molecule has 2 heteroatoms. The molecule has 2 nitrogen and oxygen atoms in total. The van der Waals surface area contributed by atoms with E-state index in [-0.39, 0.29) is 0 Å². The van der Waals surface area contributed by atoms with E-state index in [1.54, 1.807) is 0 Å². The van der Waals surface area contributed by atoms with Crippen LogP contribution < -0.4 is 5.73 Å². The van der Waals surface area contributed by atoms with Crippen LogP contribution in [0.3, 0.4) is 0 Å². The Bertz CT molecular complexity index is 120. The summed E-state index contributed by atoms with van der Waals surface area (Å²) in [7, 11) is 0. The highest BCUT2D eigenvalue weighted by atomic mass is 16.5. The van der Waals surface area contributed by atoms with Crippen molar-refractivity contribution in [2.45, 2.75) is 25.9 Å². The van der Waals surface area contributed by atoms with Gasteiger partial charge in [-0.1, -0.05) is 0 Å². The Morgan fingerprint density at radius 2 is 2.67 bits per heavy atom. The second kappa shape index (κ2) is 2.87. The molecule has 0 saturated heterocycles. The van der Waals surface area contributed by atoms with Gasteiger partial charge in [0.05, 0.1) is 11.9 Å². The van der Waals surface area contributed by atoms with Crippen LogP contribution >= 0.6 is 0 Å². The summed E-state index contributed by atoms with van der Waals surface area (Å²) in [6.45, 7) is 2.76. The van der Waals surface area contributed by atoms with Gasteiger partial charge in [-0.2, -0.15) is 0 Å². The molecule has 1 heterocycles. The first-order valence-electron chi connectivity index (χ1n) is 3.38. The van der Waals surface area contributed by atoms with E-state index >= 15 is 0 Å². The lowest BCUT2D eigenvalue weighted by Gasteiger charge is -2.05. The van der Waals surface area contributed by atoms with Gasteiger partial charge in [0.1, 0.15) is 0 Å². The molecule has 0 aromatic heterocycles. The van der Waals surface area contributed by atoms with E-state index in [2.05, 4.69) is 13.0 Å². The lowest BCUT2D eigenvalue weighted by Crippen LogP contribution is -2.03. The lowest BCUT2D eigenvalue weighted by molar-refractivity contribution is 0.153. The summed E-state index contributed by atoms with van der Waals surface area (Å²) >= 11 is 0. The Hall–Kier alpha value is -0.500. The van der Waals surface area contributed by atoms with E-state index in [0.717, 1.165) is 18.6 Å². The second-order valence-electron chi connectivity index (χ2n) is 2.37. The van der Waals surface area contributed by atoms with E-state index in [4.69, 9.17) is 10.5 Å². The molecule has 52 valence electrons. The highest BCUT2D eigenvalue weighted by Gasteiger charge is 2.10. The first-order chi connectivity index (χ1) is 4.33. The third kappa shape index (κ3) is 1.72. The van der Waals surface area contributed by atoms with Crippen LogP contribution in [0.2, 0.25) is 0 Å². The third-order valence-corrected chi connectivity index (χ3v) is 1.42. The first-order valence-corrected chi connectivity index (χ1v) is 3.38. The van der Waals surface area contributed by atoms with Gasteiger partial charge in [0, 0.05) is 12.8 Å². The minimum absolute atomic E-state index is 0.381. The molecule has 0 amide bonds. The van der Waals surface area contributed by atoms with Gasteiger partial charge in [0.15, 0.2) is 0 Å². The van der Waals surface area contributed by atoms with Crippen molar-refractivity contribution in [3.63, 3.8) is 0 Å². The zero-order valence-corrected chi connectivity index (χ0v) is 5.76. The standard InChI is InChI=1S/C7H13NO/c1-6-2-3-7(9-6)4-5-8/h3,6H,2,4-5,8H2,1H3. The van der Waals surface area contributed by atoms with Crippen molar-refractivity contribution in [3.05, 3.63) is 11.8 Å². The molecular formula is C7H13NO. The third-order valence-electron chi connectivity index (χ3n) is 1.42. The van der Waals surface area contributed by atoms with Crippen molar-refractivity contribution in [1.29, 1.82) is 0 Å². The molecule has 0 spiro atoms. The van der Waals surface area contributed by atoms with Crippen LogP contribution in [0, 0.1) is 0 Å².